The van der Waals surface area contributed by atoms with Crippen LogP contribution in [0, 0.1) is 10.1 Å². The summed E-state index contributed by atoms with van der Waals surface area (Å²) in [6.45, 7) is 3.19. The van der Waals surface area contributed by atoms with Crippen LogP contribution in [0.1, 0.15) is 36.0 Å². The summed E-state index contributed by atoms with van der Waals surface area (Å²) in [5.74, 6) is -0.320. The quantitative estimate of drug-likeness (QED) is 0.246. The van der Waals surface area contributed by atoms with Crippen LogP contribution >= 0.6 is 11.6 Å². The molecule has 0 aromatic heterocycles. The first-order chi connectivity index (χ1) is 17.0. The molecule has 3 aromatic rings. The molecular formula is C27H25ClN4O3. The minimum absolute atomic E-state index is 0.0738. The lowest BCUT2D eigenvalue weighted by Gasteiger charge is -2.26. The van der Waals surface area contributed by atoms with Crippen LogP contribution in [-0.4, -0.2) is 28.8 Å². The maximum atomic E-state index is 13.0. The van der Waals surface area contributed by atoms with Crippen LogP contribution in [0.15, 0.2) is 66.7 Å². The van der Waals surface area contributed by atoms with E-state index in [9.17, 15) is 14.9 Å². The number of rotatable bonds is 6. The normalized spacial score (nSPS) is 17.0. The van der Waals surface area contributed by atoms with Gasteiger partial charge in [0.05, 0.1) is 16.2 Å². The van der Waals surface area contributed by atoms with Gasteiger partial charge >= 0.3 is 0 Å². The van der Waals surface area contributed by atoms with Gasteiger partial charge in [0.2, 0.25) is 0 Å². The number of nitro groups is 1. The predicted octanol–water partition coefficient (Wildman–Crippen LogP) is 6.17. The molecule has 1 fully saturated rings. The molecule has 2 heterocycles. The molecule has 1 saturated heterocycles. The van der Waals surface area contributed by atoms with Gasteiger partial charge in [-0.25, -0.2) is 0 Å². The van der Waals surface area contributed by atoms with Gasteiger partial charge in [-0.05, 0) is 67.4 Å². The van der Waals surface area contributed by atoms with Crippen molar-refractivity contribution in [3.05, 3.63) is 98.6 Å². The van der Waals surface area contributed by atoms with Crippen LogP contribution in [0.2, 0.25) is 5.02 Å². The second kappa shape index (κ2) is 9.90. The zero-order valence-corrected chi connectivity index (χ0v) is 19.8. The van der Waals surface area contributed by atoms with E-state index in [1.807, 2.05) is 24.3 Å². The van der Waals surface area contributed by atoms with Crippen LogP contribution in [0.4, 0.5) is 17.1 Å². The van der Waals surface area contributed by atoms with Crippen LogP contribution in [0.3, 0.4) is 0 Å². The molecular weight excluding hydrogens is 464 g/mol. The van der Waals surface area contributed by atoms with Gasteiger partial charge in [-0.15, -0.1) is 0 Å². The van der Waals surface area contributed by atoms with Gasteiger partial charge in [0, 0.05) is 40.6 Å². The van der Waals surface area contributed by atoms with Gasteiger partial charge in [-0.1, -0.05) is 42.3 Å². The maximum absolute atomic E-state index is 13.0. The summed E-state index contributed by atoms with van der Waals surface area (Å²) in [5, 5.41) is 18.2. The lowest BCUT2D eigenvalue weighted by molar-refractivity contribution is -0.384. The Hall–Kier alpha value is -3.68. The molecule has 0 spiro atoms. The van der Waals surface area contributed by atoms with Crippen molar-refractivity contribution >= 4 is 45.8 Å². The Morgan fingerprint density at radius 2 is 1.71 bits per heavy atom. The van der Waals surface area contributed by atoms with Gasteiger partial charge in [-0.2, -0.15) is 0 Å². The minimum Gasteiger partial charge on any atom is -0.354 e. The molecule has 0 bridgehead atoms. The van der Waals surface area contributed by atoms with E-state index in [4.69, 9.17) is 11.6 Å². The van der Waals surface area contributed by atoms with Crippen LogP contribution < -0.4 is 10.6 Å². The second-order valence-electron chi connectivity index (χ2n) is 8.86. The number of piperidine rings is 1. The number of carbonyl (C=O) groups is 1. The smallest absolute Gasteiger partial charge is 0.270 e. The van der Waals surface area contributed by atoms with Gasteiger partial charge in [0.25, 0.3) is 11.6 Å². The first-order valence-corrected chi connectivity index (χ1v) is 12.0. The molecule has 0 radical (unpaired) electrons. The molecule has 35 heavy (non-hydrogen) atoms. The Morgan fingerprint density at radius 1 is 1.00 bits per heavy atom. The van der Waals surface area contributed by atoms with Gasteiger partial charge < -0.3 is 10.6 Å². The fraction of sp³-hybridized carbons (Fsp3) is 0.222. The highest BCUT2D eigenvalue weighted by Gasteiger charge is 2.30. The van der Waals surface area contributed by atoms with Gasteiger partial charge in [-0.3, -0.25) is 19.8 Å². The van der Waals surface area contributed by atoms with Crippen LogP contribution in [0.25, 0.3) is 11.3 Å². The first kappa shape index (κ1) is 23.1. The van der Waals surface area contributed by atoms with E-state index < -0.39 is 4.92 Å². The number of likely N-dealkylation sites (tertiary alicyclic amines) is 1. The third kappa shape index (κ3) is 5.06. The second-order valence-corrected chi connectivity index (χ2v) is 9.29. The van der Waals surface area contributed by atoms with Crippen molar-refractivity contribution in [3.63, 3.8) is 0 Å². The maximum Gasteiger partial charge on any atom is 0.270 e. The lowest BCUT2D eigenvalue weighted by atomic mass is 9.99. The third-order valence-electron chi connectivity index (χ3n) is 6.42. The Balaban J connectivity index is 1.51. The number of fused-ring (bicyclic) bond motifs is 1. The number of halogens is 1. The van der Waals surface area contributed by atoms with E-state index in [0.717, 1.165) is 30.9 Å². The fourth-order valence-electron chi connectivity index (χ4n) is 4.63. The Morgan fingerprint density at radius 3 is 2.40 bits per heavy atom. The molecule has 0 atom stereocenters. The van der Waals surface area contributed by atoms with E-state index >= 15 is 0 Å². The topological polar surface area (TPSA) is 87.5 Å². The number of amides is 1. The highest BCUT2D eigenvalue weighted by Crippen LogP contribution is 2.39. The van der Waals surface area contributed by atoms with E-state index in [0.29, 0.717) is 27.5 Å². The van der Waals surface area contributed by atoms with Crippen molar-refractivity contribution in [1.82, 2.24) is 4.90 Å². The summed E-state index contributed by atoms with van der Waals surface area (Å²) in [4.78, 5) is 26.4. The molecule has 0 aliphatic carbocycles. The number of nitro benzene ring substituents is 1. The van der Waals surface area contributed by atoms with Crippen LogP contribution in [0.5, 0.6) is 0 Å². The number of anilines is 2. The van der Waals surface area contributed by atoms with E-state index in [2.05, 4.69) is 27.7 Å². The Bertz CT molecular complexity index is 1300. The molecule has 0 unspecified atom stereocenters. The molecule has 2 aliphatic rings. The van der Waals surface area contributed by atoms with E-state index in [1.165, 1.54) is 37.0 Å². The number of non-ortho nitro benzene ring substituents is 1. The van der Waals surface area contributed by atoms with Gasteiger partial charge in [0.1, 0.15) is 0 Å². The molecule has 0 saturated carbocycles. The number of nitrogens with zero attached hydrogens (tertiary/aromatic N) is 2. The average molecular weight is 489 g/mol. The van der Waals surface area contributed by atoms with E-state index in [1.54, 1.807) is 18.2 Å². The summed E-state index contributed by atoms with van der Waals surface area (Å²) >= 11 is 6.10. The SMILES string of the molecule is O=C1Nc2ccc([N+](=O)[O-])cc2C1=C(Nc1ccc(CN2CCCCC2)cc1)c1ccc(Cl)cc1. The molecule has 178 valence electrons. The lowest BCUT2D eigenvalue weighted by Crippen LogP contribution is -2.29. The van der Waals surface area contributed by atoms with Crippen molar-refractivity contribution in [2.45, 2.75) is 25.8 Å². The number of hydrogen-bond acceptors (Lipinski definition) is 5. The molecule has 3 aromatic carbocycles. The third-order valence-corrected chi connectivity index (χ3v) is 6.67. The largest absolute Gasteiger partial charge is 0.354 e. The predicted molar refractivity (Wildman–Crippen MR) is 139 cm³/mol. The zero-order valence-electron chi connectivity index (χ0n) is 19.1. The van der Waals surface area contributed by atoms with E-state index in [-0.39, 0.29) is 11.6 Å². The first-order valence-electron chi connectivity index (χ1n) is 11.7. The summed E-state index contributed by atoms with van der Waals surface area (Å²) in [6, 6.07) is 19.7. The van der Waals surface area contributed by atoms with Crippen molar-refractivity contribution in [3.8, 4) is 0 Å². The summed E-state index contributed by atoms with van der Waals surface area (Å²) in [7, 11) is 0. The number of benzene rings is 3. The van der Waals surface area contributed by atoms with Crippen molar-refractivity contribution in [2.24, 2.45) is 0 Å². The summed E-state index contributed by atoms with van der Waals surface area (Å²) in [5.41, 5.74) is 4.66. The molecule has 5 rings (SSSR count). The standard InChI is InChI=1S/C27H25ClN4O3/c28-20-8-6-19(7-9-20)26(25-23-16-22(32(34)35)12-13-24(23)30-27(25)33)29-21-10-4-18(5-11-21)17-31-14-2-1-3-15-31/h4-13,16,29H,1-3,14-15,17H2,(H,30,33). The molecule has 2 N–H and O–H groups in total. The Labute approximate surface area is 208 Å². The zero-order chi connectivity index (χ0) is 24.4. The summed E-state index contributed by atoms with van der Waals surface area (Å²) < 4.78 is 0. The highest BCUT2D eigenvalue weighted by molar-refractivity contribution is 6.37. The van der Waals surface area contributed by atoms with Crippen molar-refractivity contribution in [2.75, 3.05) is 23.7 Å². The number of hydrogen-bond donors (Lipinski definition) is 2. The molecule has 7 nitrogen and oxygen atoms in total. The van der Waals surface area contributed by atoms with Gasteiger partial charge in [0.15, 0.2) is 0 Å². The fourth-order valence-corrected chi connectivity index (χ4v) is 4.75. The Kier molecular flexibility index (Phi) is 6.53. The average Bonchev–Trinajstić information content (AvgIpc) is 3.19. The summed E-state index contributed by atoms with van der Waals surface area (Å²) in [6.07, 6.45) is 3.81. The molecule has 2 aliphatic heterocycles. The number of nitrogens with one attached hydrogen (secondary N) is 2. The molecule has 1 amide bonds. The monoisotopic (exact) mass is 488 g/mol. The van der Waals surface area contributed by atoms with Crippen LogP contribution in [-0.2, 0) is 11.3 Å². The van der Waals surface area contributed by atoms with Crippen molar-refractivity contribution in [1.29, 1.82) is 0 Å². The highest BCUT2D eigenvalue weighted by atomic mass is 35.5. The molecule has 8 heteroatoms. The number of carbonyl (C=O) groups excluding carboxylic acids is 1. The van der Waals surface area contributed by atoms with Crippen molar-refractivity contribution < 1.29 is 9.72 Å². The minimum atomic E-state index is -0.461.